The third-order valence-electron chi connectivity index (χ3n) is 3.47. The van der Waals surface area contributed by atoms with E-state index in [0.29, 0.717) is 16.9 Å². The molecule has 0 aliphatic heterocycles. The monoisotopic (exact) mass is 326 g/mol. The molecule has 0 saturated heterocycles. The summed E-state index contributed by atoms with van der Waals surface area (Å²) >= 11 is 0. The summed E-state index contributed by atoms with van der Waals surface area (Å²) in [6.07, 6.45) is 1.47. The smallest absolute Gasteiger partial charge is 0.311 e. The van der Waals surface area contributed by atoms with Crippen molar-refractivity contribution in [2.24, 2.45) is 5.10 Å². The highest BCUT2D eigenvalue weighted by Crippen LogP contribution is 2.27. The molecule has 3 rings (SSSR count). The van der Waals surface area contributed by atoms with Gasteiger partial charge in [0.25, 0.3) is 0 Å². The number of methoxy groups -OCH3 is 1. The molecule has 24 heavy (non-hydrogen) atoms. The number of imidazole rings is 1. The summed E-state index contributed by atoms with van der Waals surface area (Å²) in [6, 6.07) is 11.9. The first-order valence-electron chi connectivity index (χ1n) is 7.08. The van der Waals surface area contributed by atoms with Crippen molar-refractivity contribution < 1.29 is 14.8 Å². The second-order valence-corrected chi connectivity index (χ2v) is 4.92. The van der Waals surface area contributed by atoms with Crippen molar-refractivity contribution in [2.75, 3.05) is 7.11 Å². The van der Waals surface area contributed by atoms with Crippen LogP contribution in [0, 0.1) is 10.1 Å². The molecule has 0 aliphatic rings. The lowest BCUT2D eigenvalue weighted by atomic mass is 10.2. The van der Waals surface area contributed by atoms with Crippen LogP contribution in [0.1, 0.15) is 11.4 Å². The predicted octanol–water partition coefficient (Wildman–Crippen LogP) is 2.33. The van der Waals surface area contributed by atoms with Crippen molar-refractivity contribution in [1.82, 2.24) is 9.66 Å². The lowest BCUT2D eigenvalue weighted by Gasteiger charge is -2.03. The van der Waals surface area contributed by atoms with Gasteiger partial charge in [0.05, 0.1) is 29.3 Å². The summed E-state index contributed by atoms with van der Waals surface area (Å²) in [5.74, 6) is 0.566. The topological polar surface area (TPSA) is 103 Å². The number of fused-ring (bicyclic) bond motifs is 1. The molecule has 0 atom stereocenters. The fourth-order valence-electron chi connectivity index (χ4n) is 2.35. The van der Waals surface area contributed by atoms with Crippen LogP contribution in [-0.2, 0) is 6.61 Å². The van der Waals surface area contributed by atoms with Gasteiger partial charge in [0.2, 0.25) is 0 Å². The van der Waals surface area contributed by atoms with Crippen LogP contribution in [0.4, 0.5) is 5.69 Å². The fraction of sp³-hybridized carbons (Fsp3) is 0.125. The summed E-state index contributed by atoms with van der Waals surface area (Å²) < 4.78 is 6.48. The molecular formula is C16H14N4O4. The van der Waals surface area contributed by atoms with Crippen LogP contribution in [0.5, 0.6) is 5.75 Å². The number of nitro benzene ring substituents is 1. The molecule has 0 spiro atoms. The van der Waals surface area contributed by atoms with Gasteiger partial charge in [-0.2, -0.15) is 5.10 Å². The Balaban J connectivity index is 2.02. The zero-order valence-corrected chi connectivity index (χ0v) is 12.8. The number of hydrogen-bond acceptors (Lipinski definition) is 6. The highest BCUT2D eigenvalue weighted by atomic mass is 16.6. The molecule has 1 aromatic heterocycles. The first kappa shape index (κ1) is 15.6. The number of hydrogen-bond donors (Lipinski definition) is 1. The minimum atomic E-state index is -0.512. The van der Waals surface area contributed by atoms with Crippen molar-refractivity contribution in [3.05, 3.63) is 64.0 Å². The Morgan fingerprint density at radius 1 is 1.38 bits per heavy atom. The maximum absolute atomic E-state index is 11.1. The van der Waals surface area contributed by atoms with Gasteiger partial charge < -0.3 is 9.84 Å². The van der Waals surface area contributed by atoms with Gasteiger partial charge in [-0.1, -0.05) is 12.1 Å². The van der Waals surface area contributed by atoms with Crippen LogP contribution in [0.2, 0.25) is 0 Å². The first-order valence-corrected chi connectivity index (χ1v) is 7.08. The van der Waals surface area contributed by atoms with Crippen LogP contribution in [0.25, 0.3) is 11.0 Å². The molecule has 0 aliphatic carbocycles. The van der Waals surface area contributed by atoms with E-state index in [1.54, 1.807) is 6.07 Å². The molecular weight excluding hydrogens is 312 g/mol. The average molecular weight is 326 g/mol. The van der Waals surface area contributed by atoms with E-state index in [4.69, 9.17) is 4.74 Å². The summed E-state index contributed by atoms with van der Waals surface area (Å²) in [5.41, 5.74) is 1.84. The molecule has 1 N–H and O–H groups in total. The number of rotatable bonds is 5. The number of nitro groups is 1. The average Bonchev–Trinajstić information content (AvgIpc) is 2.97. The van der Waals surface area contributed by atoms with E-state index >= 15 is 0 Å². The van der Waals surface area contributed by atoms with Gasteiger partial charge in [-0.15, -0.1) is 0 Å². The molecule has 0 radical (unpaired) electrons. The van der Waals surface area contributed by atoms with Gasteiger partial charge in [0.15, 0.2) is 11.6 Å². The number of aliphatic hydroxyl groups is 1. The minimum Gasteiger partial charge on any atom is -0.490 e. The van der Waals surface area contributed by atoms with E-state index in [1.165, 1.54) is 30.1 Å². The van der Waals surface area contributed by atoms with Gasteiger partial charge in [0, 0.05) is 11.6 Å². The van der Waals surface area contributed by atoms with Crippen LogP contribution in [-0.4, -0.2) is 33.0 Å². The Morgan fingerprint density at radius 2 is 2.17 bits per heavy atom. The van der Waals surface area contributed by atoms with Gasteiger partial charge in [-0.25, -0.2) is 9.66 Å². The summed E-state index contributed by atoms with van der Waals surface area (Å²) in [6.45, 7) is -0.269. The molecule has 3 aromatic rings. The molecule has 0 saturated carbocycles. The van der Waals surface area contributed by atoms with E-state index in [0.717, 1.165) is 5.52 Å². The lowest BCUT2D eigenvalue weighted by Crippen LogP contribution is -1.99. The highest BCUT2D eigenvalue weighted by Gasteiger charge is 2.14. The van der Waals surface area contributed by atoms with Gasteiger partial charge in [0.1, 0.15) is 6.61 Å². The maximum atomic E-state index is 11.1. The summed E-state index contributed by atoms with van der Waals surface area (Å²) in [4.78, 5) is 14.8. The van der Waals surface area contributed by atoms with Gasteiger partial charge in [-0.3, -0.25) is 10.1 Å². The Morgan fingerprint density at radius 3 is 2.88 bits per heavy atom. The van der Waals surface area contributed by atoms with Crippen LogP contribution in [0.3, 0.4) is 0 Å². The van der Waals surface area contributed by atoms with Crippen molar-refractivity contribution in [1.29, 1.82) is 0 Å². The zero-order valence-electron chi connectivity index (χ0n) is 12.8. The molecule has 0 unspecified atom stereocenters. The van der Waals surface area contributed by atoms with Crippen molar-refractivity contribution in [3.63, 3.8) is 0 Å². The number of nitrogens with zero attached hydrogens (tertiary/aromatic N) is 4. The molecule has 1 heterocycles. The second-order valence-electron chi connectivity index (χ2n) is 4.92. The fourth-order valence-corrected chi connectivity index (χ4v) is 2.35. The van der Waals surface area contributed by atoms with E-state index < -0.39 is 4.92 Å². The molecule has 2 aromatic carbocycles. The SMILES string of the molecule is COc1ccc(/C=N/n2c(CO)nc3ccccc32)cc1[N+](=O)[O-]. The number of para-hydroxylation sites is 2. The van der Waals surface area contributed by atoms with Crippen molar-refractivity contribution in [3.8, 4) is 5.75 Å². The number of benzene rings is 2. The van der Waals surface area contributed by atoms with Gasteiger partial charge in [-0.05, 0) is 24.3 Å². The van der Waals surface area contributed by atoms with E-state index in [-0.39, 0.29) is 18.0 Å². The zero-order chi connectivity index (χ0) is 17.1. The summed E-state index contributed by atoms with van der Waals surface area (Å²) in [7, 11) is 1.38. The lowest BCUT2D eigenvalue weighted by molar-refractivity contribution is -0.385. The normalized spacial score (nSPS) is 11.2. The van der Waals surface area contributed by atoms with E-state index in [2.05, 4.69) is 10.1 Å². The minimum absolute atomic E-state index is 0.140. The van der Waals surface area contributed by atoms with E-state index in [1.807, 2.05) is 24.3 Å². The largest absolute Gasteiger partial charge is 0.490 e. The quantitative estimate of drug-likeness (QED) is 0.440. The van der Waals surface area contributed by atoms with Crippen LogP contribution in [0.15, 0.2) is 47.6 Å². The van der Waals surface area contributed by atoms with Crippen LogP contribution >= 0.6 is 0 Å². The molecule has 8 heteroatoms. The Hall–Kier alpha value is -3.26. The Bertz CT molecular complexity index is 933. The van der Waals surface area contributed by atoms with Gasteiger partial charge >= 0.3 is 5.69 Å². The van der Waals surface area contributed by atoms with Crippen molar-refractivity contribution >= 4 is 22.9 Å². The standard InChI is InChI=1S/C16H14N4O4/c1-24-15-7-6-11(8-14(15)20(22)23)9-17-19-13-5-3-2-4-12(13)18-16(19)10-21/h2-9,21H,10H2,1H3/b17-9+. The van der Waals surface area contributed by atoms with Crippen molar-refractivity contribution in [2.45, 2.75) is 6.61 Å². The molecule has 0 bridgehead atoms. The molecule has 122 valence electrons. The third-order valence-corrected chi connectivity index (χ3v) is 3.47. The molecule has 0 fully saturated rings. The third kappa shape index (κ3) is 2.82. The second kappa shape index (κ2) is 6.47. The maximum Gasteiger partial charge on any atom is 0.311 e. The molecule has 0 amide bonds. The predicted molar refractivity (Wildman–Crippen MR) is 88.3 cm³/mol. The summed E-state index contributed by atoms with van der Waals surface area (Å²) in [5, 5.41) is 24.8. The number of ether oxygens (including phenoxy) is 1. The Kier molecular flexibility index (Phi) is 4.21. The Labute approximate surface area is 136 Å². The van der Waals surface area contributed by atoms with Crippen LogP contribution < -0.4 is 4.74 Å². The number of aromatic nitrogens is 2. The van der Waals surface area contributed by atoms with E-state index in [9.17, 15) is 15.2 Å². The number of aliphatic hydroxyl groups excluding tert-OH is 1. The molecule has 8 nitrogen and oxygen atoms in total. The highest BCUT2D eigenvalue weighted by molar-refractivity contribution is 5.83. The first-order chi connectivity index (χ1) is 11.6.